The van der Waals surface area contributed by atoms with E-state index in [9.17, 15) is 9.59 Å². The molecule has 5 nitrogen and oxygen atoms in total. The van der Waals surface area contributed by atoms with E-state index >= 15 is 0 Å². The number of methoxy groups -OCH3 is 1. The Bertz CT molecular complexity index is 1010. The number of nitrogens with one attached hydrogen (secondary N) is 1. The Labute approximate surface area is 159 Å². The van der Waals surface area contributed by atoms with Crippen LogP contribution in [0.3, 0.4) is 0 Å². The maximum Gasteiger partial charge on any atom is 0.258 e. The number of pyridine rings is 1. The highest BCUT2D eigenvalue weighted by molar-refractivity contribution is 6.40. The largest absolute Gasteiger partial charge is 0.495 e. The summed E-state index contributed by atoms with van der Waals surface area (Å²) in [6.45, 7) is 1.44. The van der Waals surface area contributed by atoms with Crippen LogP contribution in [-0.2, 0) is 0 Å². The van der Waals surface area contributed by atoms with Crippen LogP contribution in [0.5, 0.6) is 5.75 Å². The first-order valence-corrected chi connectivity index (χ1v) is 8.41. The lowest BCUT2D eigenvalue weighted by Gasteiger charge is -2.13. The van der Waals surface area contributed by atoms with Crippen molar-refractivity contribution < 1.29 is 14.3 Å². The van der Waals surface area contributed by atoms with E-state index in [1.54, 1.807) is 36.4 Å². The Kier molecular flexibility index (Phi) is 5.11. The molecule has 3 rings (SSSR count). The number of carbonyl (C=O) groups is 2. The first kappa shape index (κ1) is 18.2. The number of rotatable bonds is 4. The number of para-hydroxylation sites is 1. The van der Waals surface area contributed by atoms with Gasteiger partial charge >= 0.3 is 0 Å². The molecule has 26 heavy (non-hydrogen) atoms. The number of nitrogens with zero attached hydrogens (tertiary/aromatic N) is 1. The monoisotopic (exact) mass is 388 g/mol. The molecule has 132 valence electrons. The third-order valence-electron chi connectivity index (χ3n) is 3.87. The molecule has 0 saturated heterocycles. The molecule has 0 radical (unpaired) electrons. The predicted octanol–water partition coefficient (Wildman–Crippen LogP) is 5.01. The number of hydrogen-bond donors (Lipinski definition) is 1. The minimum absolute atomic E-state index is 0.159. The molecule has 0 unspecified atom stereocenters. The van der Waals surface area contributed by atoms with Gasteiger partial charge in [-0.2, -0.15) is 0 Å². The summed E-state index contributed by atoms with van der Waals surface area (Å²) in [4.78, 5) is 28.7. The lowest BCUT2D eigenvalue weighted by molar-refractivity contribution is 0.101. The average Bonchev–Trinajstić information content (AvgIpc) is 2.60. The number of aromatic nitrogens is 1. The van der Waals surface area contributed by atoms with Crippen LogP contribution in [0.1, 0.15) is 27.6 Å². The van der Waals surface area contributed by atoms with Gasteiger partial charge in [0.1, 0.15) is 5.75 Å². The van der Waals surface area contributed by atoms with Gasteiger partial charge in [-0.15, -0.1) is 0 Å². The molecule has 2 aromatic carbocycles. The van der Waals surface area contributed by atoms with Crippen LogP contribution in [0.2, 0.25) is 10.0 Å². The molecular weight excluding hydrogens is 375 g/mol. The zero-order valence-electron chi connectivity index (χ0n) is 14.0. The van der Waals surface area contributed by atoms with Gasteiger partial charge in [0, 0.05) is 11.6 Å². The summed E-state index contributed by atoms with van der Waals surface area (Å²) in [5, 5.41) is 3.89. The number of anilines is 1. The summed E-state index contributed by atoms with van der Waals surface area (Å²) >= 11 is 12.2. The van der Waals surface area contributed by atoms with Gasteiger partial charge in [0.15, 0.2) is 5.78 Å². The lowest BCUT2D eigenvalue weighted by atomic mass is 10.1. The van der Waals surface area contributed by atoms with Crippen molar-refractivity contribution in [2.75, 3.05) is 12.4 Å². The molecule has 1 aromatic heterocycles. The minimum atomic E-state index is -0.454. The Hall–Kier alpha value is -2.63. The second-order valence-electron chi connectivity index (χ2n) is 5.51. The van der Waals surface area contributed by atoms with Gasteiger partial charge in [-0.25, -0.2) is 0 Å². The molecule has 1 amide bonds. The van der Waals surface area contributed by atoms with E-state index in [0.29, 0.717) is 27.9 Å². The van der Waals surface area contributed by atoms with Gasteiger partial charge in [0.2, 0.25) is 0 Å². The zero-order valence-corrected chi connectivity index (χ0v) is 15.5. The van der Waals surface area contributed by atoms with Crippen molar-refractivity contribution in [1.82, 2.24) is 4.98 Å². The number of ether oxygens (including phenoxy) is 1. The van der Waals surface area contributed by atoms with E-state index < -0.39 is 5.91 Å². The topological polar surface area (TPSA) is 68.3 Å². The summed E-state index contributed by atoms with van der Waals surface area (Å²) in [5.74, 6) is -0.201. The molecular formula is C19H14Cl2N2O3. The second-order valence-corrected chi connectivity index (χ2v) is 6.33. The number of Topliss-reactive ketones (excluding diaryl/α,β-unsaturated/α-hetero) is 1. The van der Waals surface area contributed by atoms with Crippen molar-refractivity contribution in [2.45, 2.75) is 6.92 Å². The van der Waals surface area contributed by atoms with Gasteiger partial charge in [-0.3, -0.25) is 14.6 Å². The molecule has 0 aliphatic heterocycles. The SMILES string of the molecule is COc1c(C(C)=O)cnc2c(NC(=O)c3c(Cl)cccc3Cl)cccc12. The molecule has 0 aliphatic carbocycles. The molecule has 7 heteroatoms. The zero-order chi connectivity index (χ0) is 18.8. The number of ketones is 1. The predicted molar refractivity (Wildman–Crippen MR) is 103 cm³/mol. The number of benzene rings is 2. The quantitative estimate of drug-likeness (QED) is 0.638. The molecule has 1 N–H and O–H groups in total. The van der Waals surface area contributed by atoms with Crippen LogP contribution in [0, 0.1) is 0 Å². The Morgan fingerprint density at radius 1 is 1.08 bits per heavy atom. The van der Waals surface area contributed by atoms with Gasteiger partial charge in [0.05, 0.1) is 39.5 Å². The third-order valence-corrected chi connectivity index (χ3v) is 4.50. The number of fused-ring (bicyclic) bond motifs is 1. The van der Waals surface area contributed by atoms with Crippen LogP contribution in [0.15, 0.2) is 42.6 Å². The molecule has 0 atom stereocenters. The number of halogens is 2. The van der Waals surface area contributed by atoms with Crippen LogP contribution >= 0.6 is 23.2 Å². The Morgan fingerprint density at radius 2 is 1.73 bits per heavy atom. The van der Waals surface area contributed by atoms with E-state index in [1.165, 1.54) is 20.2 Å². The molecule has 3 aromatic rings. The van der Waals surface area contributed by atoms with E-state index in [0.717, 1.165) is 0 Å². The van der Waals surface area contributed by atoms with Gasteiger partial charge in [0.25, 0.3) is 5.91 Å². The van der Waals surface area contributed by atoms with Crippen LogP contribution in [-0.4, -0.2) is 23.8 Å². The first-order valence-electron chi connectivity index (χ1n) is 7.66. The van der Waals surface area contributed by atoms with Gasteiger partial charge in [-0.05, 0) is 31.2 Å². The molecule has 0 fully saturated rings. The fourth-order valence-corrected chi connectivity index (χ4v) is 3.24. The van der Waals surface area contributed by atoms with Crippen molar-refractivity contribution in [3.63, 3.8) is 0 Å². The van der Waals surface area contributed by atoms with E-state index in [-0.39, 0.29) is 21.4 Å². The second kappa shape index (κ2) is 7.32. The van der Waals surface area contributed by atoms with E-state index in [2.05, 4.69) is 10.3 Å². The Balaban J connectivity index is 2.09. The molecule has 0 aliphatic rings. The molecule has 0 saturated carbocycles. The van der Waals surface area contributed by atoms with Crippen molar-refractivity contribution in [2.24, 2.45) is 0 Å². The Morgan fingerprint density at radius 3 is 2.35 bits per heavy atom. The van der Waals surface area contributed by atoms with Crippen molar-refractivity contribution in [1.29, 1.82) is 0 Å². The summed E-state index contributed by atoms with van der Waals surface area (Å²) < 4.78 is 5.39. The van der Waals surface area contributed by atoms with Crippen LogP contribution in [0.4, 0.5) is 5.69 Å². The van der Waals surface area contributed by atoms with E-state index in [4.69, 9.17) is 27.9 Å². The normalized spacial score (nSPS) is 10.6. The van der Waals surface area contributed by atoms with Crippen molar-refractivity contribution in [3.8, 4) is 5.75 Å². The number of carbonyl (C=O) groups excluding carboxylic acids is 2. The summed E-state index contributed by atoms with van der Waals surface area (Å²) in [6, 6.07) is 10.0. The highest BCUT2D eigenvalue weighted by Crippen LogP contribution is 2.33. The standard InChI is InChI=1S/C19H14Cl2N2O3/c1-10(24)12-9-22-17-11(18(12)26-2)5-3-8-15(17)23-19(25)16-13(20)6-4-7-14(16)21/h3-9H,1-2H3,(H,23,25). The fraction of sp³-hybridized carbons (Fsp3) is 0.105. The average molecular weight is 389 g/mol. The first-order chi connectivity index (χ1) is 12.4. The molecule has 0 bridgehead atoms. The lowest BCUT2D eigenvalue weighted by Crippen LogP contribution is -2.14. The van der Waals surface area contributed by atoms with Crippen LogP contribution < -0.4 is 10.1 Å². The third kappa shape index (κ3) is 3.23. The summed E-state index contributed by atoms with van der Waals surface area (Å²) in [5.41, 5.74) is 1.50. The minimum Gasteiger partial charge on any atom is -0.495 e. The maximum atomic E-state index is 12.6. The van der Waals surface area contributed by atoms with Crippen molar-refractivity contribution >= 4 is 51.5 Å². The maximum absolute atomic E-state index is 12.6. The van der Waals surface area contributed by atoms with Gasteiger partial charge in [-0.1, -0.05) is 35.3 Å². The van der Waals surface area contributed by atoms with Gasteiger partial charge < -0.3 is 10.1 Å². The number of amides is 1. The van der Waals surface area contributed by atoms with E-state index in [1.807, 2.05) is 0 Å². The van der Waals surface area contributed by atoms with Crippen LogP contribution in [0.25, 0.3) is 10.9 Å². The number of hydrogen-bond acceptors (Lipinski definition) is 4. The molecule has 1 heterocycles. The summed E-state index contributed by atoms with van der Waals surface area (Å²) in [6.07, 6.45) is 1.43. The highest BCUT2D eigenvalue weighted by Gasteiger charge is 2.18. The van der Waals surface area contributed by atoms with Crippen molar-refractivity contribution in [3.05, 3.63) is 63.8 Å². The highest BCUT2D eigenvalue weighted by atomic mass is 35.5. The molecule has 0 spiro atoms. The summed E-state index contributed by atoms with van der Waals surface area (Å²) in [7, 11) is 1.48. The fourth-order valence-electron chi connectivity index (χ4n) is 2.67. The smallest absolute Gasteiger partial charge is 0.258 e.